The molecule has 2 aliphatic rings. The molecule has 0 radical (unpaired) electrons. The highest BCUT2D eigenvalue weighted by Gasteiger charge is 2.38. The van der Waals surface area contributed by atoms with Crippen LogP contribution in [0.2, 0.25) is 5.02 Å². The van der Waals surface area contributed by atoms with Gasteiger partial charge in [-0.05, 0) is 42.5 Å². The zero-order chi connectivity index (χ0) is 16.5. The first-order valence-corrected chi connectivity index (χ1v) is 9.25. The van der Waals surface area contributed by atoms with Gasteiger partial charge in [-0.25, -0.2) is 0 Å². The van der Waals surface area contributed by atoms with Gasteiger partial charge < -0.3 is 4.90 Å². The third-order valence-electron chi connectivity index (χ3n) is 5.48. The van der Waals surface area contributed by atoms with E-state index in [1.807, 2.05) is 18.2 Å². The Bertz CT molecular complexity index is 757. The van der Waals surface area contributed by atoms with E-state index in [0.717, 1.165) is 49.4 Å². The van der Waals surface area contributed by atoms with Gasteiger partial charge in [-0.2, -0.15) is 0 Å². The van der Waals surface area contributed by atoms with Crippen LogP contribution in [0.5, 0.6) is 0 Å². The van der Waals surface area contributed by atoms with E-state index in [2.05, 4.69) is 35.2 Å². The SMILES string of the molecule is O=C1CCCC[C@H]1[C@H]1c2ccccc2CCN1c1ccccc1Cl. The summed E-state index contributed by atoms with van der Waals surface area (Å²) in [6.07, 6.45) is 4.89. The maximum atomic E-state index is 12.7. The third kappa shape index (κ3) is 2.73. The van der Waals surface area contributed by atoms with E-state index in [0.29, 0.717) is 5.78 Å². The quantitative estimate of drug-likeness (QED) is 0.749. The predicted molar refractivity (Wildman–Crippen MR) is 98.7 cm³/mol. The normalized spacial score (nSPS) is 23.9. The molecular weight excluding hydrogens is 318 g/mol. The number of Topliss-reactive ketones (excluding diaryl/α,β-unsaturated/α-hetero) is 1. The van der Waals surface area contributed by atoms with Gasteiger partial charge >= 0.3 is 0 Å². The highest BCUT2D eigenvalue weighted by Crippen LogP contribution is 2.44. The van der Waals surface area contributed by atoms with Gasteiger partial charge in [0, 0.05) is 18.9 Å². The van der Waals surface area contributed by atoms with Gasteiger partial charge in [0.25, 0.3) is 0 Å². The van der Waals surface area contributed by atoms with Crippen LogP contribution in [0.4, 0.5) is 5.69 Å². The number of hydrogen-bond donors (Lipinski definition) is 0. The zero-order valence-corrected chi connectivity index (χ0v) is 14.5. The Hall–Kier alpha value is -1.80. The number of rotatable bonds is 2. The summed E-state index contributed by atoms with van der Waals surface area (Å²) in [6, 6.07) is 16.7. The minimum Gasteiger partial charge on any atom is -0.362 e. The highest BCUT2D eigenvalue weighted by atomic mass is 35.5. The first-order chi connectivity index (χ1) is 11.8. The fourth-order valence-corrected chi connectivity index (χ4v) is 4.58. The van der Waals surface area contributed by atoms with Crippen LogP contribution in [0.15, 0.2) is 48.5 Å². The molecule has 24 heavy (non-hydrogen) atoms. The summed E-state index contributed by atoms with van der Waals surface area (Å²) in [6.45, 7) is 0.912. The molecule has 2 nitrogen and oxygen atoms in total. The van der Waals surface area contributed by atoms with E-state index in [-0.39, 0.29) is 12.0 Å². The molecule has 0 aromatic heterocycles. The molecule has 4 rings (SSSR count). The number of fused-ring (bicyclic) bond motifs is 1. The zero-order valence-electron chi connectivity index (χ0n) is 13.7. The van der Waals surface area contributed by atoms with Gasteiger partial charge in [-0.3, -0.25) is 4.79 Å². The summed E-state index contributed by atoms with van der Waals surface area (Å²) in [4.78, 5) is 15.1. The van der Waals surface area contributed by atoms with Crippen molar-refractivity contribution in [1.82, 2.24) is 0 Å². The first kappa shape index (κ1) is 15.7. The van der Waals surface area contributed by atoms with E-state index in [1.165, 1.54) is 11.1 Å². The number of carbonyl (C=O) groups excluding carboxylic acids is 1. The molecule has 2 atom stereocenters. The van der Waals surface area contributed by atoms with Crippen LogP contribution in [0, 0.1) is 5.92 Å². The van der Waals surface area contributed by atoms with E-state index >= 15 is 0 Å². The molecule has 0 unspecified atom stereocenters. The molecule has 1 aliphatic heterocycles. The molecular formula is C21H22ClNO. The lowest BCUT2D eigenvalue weighted by molar-refractivity contribution is -0.125. The van der Waals surface area contributed by atoms with Crippen molar-refractivity contribution < 1.29 is 4.79 Å². The van der Waals surface area contributed by atoms with Gasteiger partial charge in [0.1, 0.15) is 5.78 Å². The number of para-hydroxylation sites is 1. The van der Waals surface area contributed by atoms with E-state index in [9.17, 15) is 4.79 Å². The fourth-order valence-electron chi connectivity index (χ4n) is 4.33. The summed E-state index contributed by atoms with van der Waals surface area (Å²) in [5.74, 6) is 0.497. The summed E-state index contributed by atoms with van der Waals surface area (Å²) in [5.41, 5.74) is 3.74. The number of carbonyl (C=O) groups is 1. The minimum atomic E-state index is 0.0801. The smallest absolute Gasteiger partial charge is 0.138 e. The second-order valence-electron chi connectivity index (χ2n) is 6.86. The summed E-state index contributed by atoms with van der Waals surface area (Å²) in [5, 5.41) is 0.769. The molecule has 0 bridgehead atoms. The van der Waals surface area contributed by atoms with Crippen molar-refractivity contribution in [2.45, 2.75) is 38.1 Å². The number of hydrogen-bond acceptors (Lipinski definition) is 2. The number of benzene rings is 2. The van der Waals surface area contributed by atoms with Crippen LogP contribution in [0.1, 0.15) is 42.9 Å². The van der Waals surface area contributed by atoms with Crippen LogP contribution in [-0.4, -0.2) is 12.3 Å². The maximum absolute atomic E-state index is 12.7. The van der Waals surface area contributed by atoms with Gasteiger partial charge in [0.15, 0.2) is 0 Å². The van der Waals surface area contributed by atoms with Crippen molar-refractivity contribution in [1.29, 1.82) is 0 Å². The minimum absolute atomic E-state index is 0.0801. The van der Waals surface area contributed by atoms with Crippen molar-refractivity contribution >= 4 is 23.1 Å². The van der Waals surface area contributed by atoms with Crippen molar-refractivity contribution in [3.8, 4) is 0 Å². The number of nitrogens with zero attached hydrogens (tertiary/aromatic N) is 1. The van der Waals surface area contributed by atoms with Gasteiger partial charge in [-0.15, -0.1) is 0 Å². The van der Waals surface area contributed by atoms with Gasteiger partial charge in [0.2, 0.25) is 0 Å². The second kappa shape index (κ2) is 6.60. The standard InChI is InChI=1S/C21H22ClNO/c22-18-10-4-5-11-19(18)23-14-13-15-7-1-2-8-16(15)21(23)17-9-3-6-12-20(17)24/h1-2,4-5,7-8,10-11,17,21H,3,6,9,12-14H2/t17-,21-/m1/s1. The van der Waals surface area contributed by atoms with Crippen LogP contribution < -0.4 is 4.90 Å². The van der Waals surface area contributed by atoms with Crippen LogP contribution in [-0.2, 0) is 11.2 Å². The first-order valence-electron chi connectivity index (χ1n) is 8.87. The van der Waals surface area contributed by atoms with Crippen molar-refractivity contribution in [2.24, 2.45) is 5.92 Å². The maximum Gasteiger partial charge on any atom is 0.138 e. The van der Waals surface area contributed by atoms with E-state index < -0.39 is 0 Å². The summed E-state index contributed by atoms with van der Waals surface area (Å²) in [7, 11) is 0. The van der Waals surface area contributed by atoms with Crippen LogP contribution in [0.3, 0.4) is 0 Å². The van der Waals surface area contributed by atoms with Crippen molar-refractivity contribution in [2.75, 3.05) is 11.4 Å². The highest BCUT2D eigenvalue weighted by molar-refractivity contribution is 6.33. The Morgan fingerprint density at radius 3 is 2.58 bits per heavy atom. The molecule has 1 fully saturated rings. The van der Waals surface area contributed by atoms with E-state index in [1.54, 1.807) is 0 Å². The molecule has 1 heterocycles. The van der Waals surface area contributed by atoms with Crippen molar-refractivity contribution in [3.63, 3.8) is 0 Å². The molecule has 2 aromatic carbocycles. The molecule has 124 valence electrons. The summed E-state index contributed by atoms with van der Waals surface area (Å²) >= 11 is 6.50. The van der Waals surface area contributed by atoms with Gasteiger partial charge in [0.05, 0.1) is 16.8 Å². The predicted octanol–water partition coefficient (Wildman–Crippen LogP) is 5.20. The average Bonchev–Trinajstić information content (AvgIpc) is 2.62. The van der Waals surface area contributed by atoms with E-state index in [4.69, 9.17) is 11.6 Å². The lowest BCUT2D eigenvalue weighted by Gasteiger charge is -2.44. The molecule has 0 saturated heterocycles. The molecule has 0 amide bonds. The molecule has 1 aliphatic carbocycles. The number of anilines is 1. The van der Waals surface area contributed by atoms with Gasteiger partial charge in [-0.1, -0.05) is 54.4 Å². The molecule has 2 aromatic rings. The Balaban J connectivity index is 1.81. The Kier molecular flexibility index (Phi) is 4.32. The molecule has 0 spiro atoms. The van der Waals surface area contributed by atoms with Crippen LogP contribution in [0.25, 0.3) is 0 Å². The molecule has 0 N–H and O–H groups in total. The lowest BCUT2D eigenvalue weighted by atomic mass is 9.76. The lowest BCUT2D eigenvalue weighted by Crippen LogP contribution is -2.43. The molecule has 1 saturated carbocycles. The number of ketones is 1. The topological polar surface area (TPSA) is 20.3 Å². The average molecular weight is 340 g/mol. The molecule has 3 heteroatoms. The van der Waals surface area contributed by atoms with Crippen LogP contribution >= 0.6 is 11.6 Å². The monoisotopic (exact) mass is 339 g/mol. The Labute approximate surface area is 148 Å². The largest absolute Gasteiger partial charge is 0.362 e. The number of halogens is 1. The third-order valence-corrected chi connectivity index (χ3v) is 5.80. The second-order valence-corrected chi connectivity index (χ2v) is 7.26. The Morgan fingerprint density at radius 1 is 0.958 bits per heavy atom. The van der Waals surface area contributed by atoms with Crippen molar-refractivity contribution in [3.05, 3.63) is 64.7 Å². The summed E-state index contributed by atoms with van der Waals surface area (Å²) < 4.78 is 0. The fraction of sp³-hybridized carbons (Fsp3) is 0.381. The Morgan fingerprint density at radius 2 is 1.75 bits per heavy atom.